The van der Waals surface area contributed by atoms with Gasteiger partial charge in [0, 0.05) is 6.04 Å². The molecule has 0 heterocycles. The largest absolute Gasteiger partial charge is 0.508 e. The summed E-state index contributed by atoms with van der Waals surface area (Å²) in [5.41, 5.74) is 7.83. The predicted molar refractivity (Wildman–Crippen MR) is 54.8 cm³/mol. The number of phenols is 1. The fraction of sp³-hybridized carbons (Fsp3) is 0.455. The molecule has 2 heteroatoms. The molecule has 1 aromatic carbocycles. The Labute approximate surface area is 79.4 Å². The van der Waals surface area contributed by atoms with Crippen molar-refractivity contribution >= 4 is 0 Å². The molecule has 0 aromatic heterocycles. The van der Waals surface area contributed by atoms with Crippen molar-refractivity contribution in [3.63, 3.8) is 0 Å². The van der Waals surface area contributed by atoms with Crippen LogP contribution in [-0.2, 0) is 6.42 Å². The molecule has 1 unspecified atom stereocenters. The smallest absolute Gasteiger partial charge is 0.119 e. The quantitative estimate of drug-likeness (QED) is 0.745. The van der Waals surface area contributed by atoms with E-state index in [0.717, 1.165) is 24.0 Å². The first kappa shape index (κ1) is 10.1. The molecule has 72 valence electrons. The summed E-state index contributed by atoms with van der Waals surface area (Å²) in [5, 5.41) is 9.56. The zero-order valence-electron chi connectivity index (χ0n) is 8.25. The van der Waals surface area contributed by atoms with Crippen LogP contribution in [0, 0.1) is 6.92 Å². The van der Waals surface area contributed by atoms with E-state index >= 15 is 0 Å². The van der Waals surface area contributed by atoms with Crippen LogP contribution < -0.4 is 5.73 Å². The molecule has 0 amide bonds. The van der Waals surface area contributed by atoms with E-state index in [1.165, 1.54) is 0 Å². The maximum atomic E-state index is 9.56. The Hall–Kier alpha value is -1.02. The van der Waals surface area contributed by atoms with Gasteiger partial charge in [-0.05, 0) is 43.9 Å². The van der Waals surface area contributed by atoms with Crippen molar-refractivity contribution in [2.45, 2.75) is 32.7 Å². The normalized spacial score (nSPS) is 12.8. The minimum absolute atomic E-state index is 0.194. The molecule has 1 aromatic rings. The van der Waals surface area contributed by atoms with Gasteiger partial charge in [0.1, 0.15) is 5.75 Å². The van der Waals surface area contributed by atoms with Crippen molar-refractivity contribution in [2.24, 2.45) is 5.73 Å². The Morgan fingerprint density at radius 3 is 2.69 bits per heavy atom. The molecule has 13 heavy (non-hydrogen) atoms. The van der Waals surface area contributed by atoms with Crippen molar-refractivity contribution in [3.8, 4) is 5.75 Å². The summed E-state index contributed by atoms with van der Waals surface area (Å²) in [4.78, 5) is 0. The molecule has 0 aliphatic heterocycles. The molecule has 1 atom stereocenters. The number of rotatable bonds is 3. The second-order valence-electron chi connectivity index (χ2n) is 3.59. The van der Waals surface area contributed by atoms with Crippen molar-refractivity contribution < 1.29 is 5.11 Å². The number of hydrogen-bond donors (Lipinski definition) is 2. The van der Waals surface area contributed by atoms with E-state index in [2.05, 4.69) is 0 Å². The molecule has 0 aliphatic carbocycles. The average molecular weight is 179 g/mol. The Kier molecular flexibility index (Phi) is 3.32. The lowest BCUT2D eigenvalue weighted by Gasteiger charge is -2.09. The summed E-state index contributed by atoms with van der Waals surface area (Å²) in [6, 6.07) is 5.79. The van der Waals surface area contributed by atoms with Crippen LogP contribution in [0.4, 0.5) is 0 Å². The molecule has 0 radical (unpaired) electrons. The number of phenolic OH excluding ortho intramolecular Hbond substituents is 1. The van der Waals surface area contributed by atoms with Crippen LogP contribution in [0.2, 0.25) is 0 Å². The maximum absolute atomic E-state index is 9.56. The number of benzene rings is 1. The molecule has 0 fully saturated rings. The third kappa shape index (κ3) is 2.74. The first-order valence-electron chi connectivity index (χ1n) is 4.64. The molecule has 0 saturated heterocycles. The van der Waals surface area contributed by atoms with Crippen LogP contribution in [-0.4, -0.2) is 11.1 Å². The van der Waals surface area contributed by atoms with Gasteiger partial charge in [0.05, 0.1) is 0 Å². The average Bonchev–Trinajstić information content (AvgIpc) is 2.03. The van der Waals surface area contributed by atoms with Crippen molar-refractivity contribution in [3.05, 3.63) is 29.3 Å². The summed E-state index contributed by atoms with van der Waals surface area (Å²) in [6.07, 6.45) is 1.77. The van der Waals surface area contributed by atoms with E-state index < -0.39 is 0 Å². The second kappa shape index (κ2) is 4.28. The zero-order valence-corrected chi connectivity index (χ0v) is 8.25. The molecule has 0 bridgehead atoms. The first-order valence-corrected chi connectivity index (χ1v) is 4.64. The topological polar surface area (TPSA) is 46.2 Å². The van der Waals surface area contributed by atoms with Gasteiger partial charge in [0.15, 0.2) is 0 Å². The van der Waals surface area contributed by atoms with Gasteiger partial charge in [-0.1, -0.05) is 12.1 Å². The minimum atomic E-state index is 0.194. The van der Waals surface area contributed by atoms with Gasteiger partial charge in [-0.2, -0.15) is 0 Å². The first-order chi connectivity index (χ1) is 6.11. The summed E-state index contributed by atoms with van der Waals surface area (Å²) >= 11 is 0. The standard InChI is InChI=1S/C11H17NO/c1-8-4-3-5-11(13)10(8)7-6-9(2)12/h3-5,9,13H,6-7,12H2,1-2H3. The van der Waals surface area contributed by atoms with E-state index in [1.807, 2.05) is 26.0 Å². The minimum Gasteiger partial charge on any atom is -0.508 e. The van der Waals surface area contributed by atoms with Crippen molar-refractivity contribution in [1.82, 2.24) is 0 Å². The van der Waals surface area contributed by atoms with E-state index in [4.69, 9.17) is 5.73 Å². The van der Waals surface area contributed by atoms with Gasteiger partial charge in [0.25, 0.3) is 0 Å². The molecule has 2 nitrogen and oxygen atoms in total. The molecule has 0 saturated carbocycles. The molecule has 3 N–H and O–H groups in total. The SMILES string of the molecule is Cc1cccc(O)c1CCC(C)N. The highest BCUT2D eigenvalue weighted by atomic mass is 16.3. The Balaban J connectivity index is 2.75. The predicted octanol–water partition coefficient (Wildman–Crippen LogP) is 1.98. The van der Waals surface area contributed by atoms with Crippen LogP contribution in [0.15, 0.2) is 18.2 Å². The van der Waals surface area contributed by atoms with Crippen molar-refractivity contribution in [2.75, 3.05) is 0 Å². The van der Waals surface area contributed by atoms with Crippen LogP contribution in [0.25, 0.3) is 0 Å². The van der Waals surface area contributed by atoms with Gasteiger partial charge in [-0.25, -0.2) is 0 Å². The van der Waals surface area contributed by atoms with Crippen LogP contribution in [0.1, 0.15) is 24.5 Å². The lowest BCUT2D eigenvalue weighted by atomic mass is 10.0. The summed E-state index contributed by atoms with van der Waals surface area (Å²) in [5.74, 6) is 0.389. The fourth-order valence-electron chi connectivity index (χ4n) is 1.38. The van der Waals surface area contributed by atoms with Gasteiger partial charge >= 0.3 is 0 Å². The van der Waals surface area contributed by atoms with Crippen molar-refractivity contribution in [1.29, 1.82) is 0 Å². The van der Waals surface area contributed by atoms with Crippen LogP contribution in [0.5, 0.6) is 5.75 Å². The van der Waals surface area contributed by atoms with E-state index in [1.54, 1.807) is 6.07 Å². The lowest BCUT2D eigenvalue weighted by Crippen LogP contribution is -2.15. The highest BCUT2D eigenvalue weighted by Gasteiger charge is 2.04. The molecule has 0 spiro atoms. The van der Waals surface area contributed by atoms with E-state index in [9.17, 15) is 5.11 Å². The summed E-state index contributed by atoms with van der Waals surface area (Å²) < 4.78 is 0. The van der Waals surface area contributed by atoms with Gasteiger partial charge in [0.2, 0.25) is 0 Å². The number of aryl methyl sites for hydroxylation is 1. The lowest BCUT2D eigenvalue weighted by molar-refractivity contribution is 0.465. The second-order valence-corrected chi connectivity index (χ2v) is 3.59. The Bertz CT molecular complexity index is 261. The highest BCUT2D eigenvalue weighted by Crippen LogP contribution is 2.21. The number of aromatic hydroxyl groups is 1. The van der Waals surface area contributed by atoms with Gasteiger partial charge in [-0.15, -0.1) is 0 Å². The molecular formula is C11H17NO. The van der Waals surface area contributed by atoms with Gasteiger partial charge in [-0.3, -0.25) is 0 Å². The molecule has 1 rings (SSSR count). The zero-order chi connectivity index (χ0) is 9.84. The van der Waals surface area contributed by atoms with Crippen LogP contribution in [0.3, 0.4) is 0 Å². The van der Waals surface area contributed by atoms with Crippen LogP contribution >= 0.6 is 0 Å². The van der Waals surface area contributed by atoms with E-state index in [0.29, 0.717) is 5.75 Å². The van der Waals surface area contributed by atoms with Gasteiger partial charge < -0.3 is 10.8 Å². The third-order valence-corrected chi connectivity index (χ3v) is 2.24. The molecular weight excluding hydrogens is 162 g/mol. The monoisotopic (exact) mass is 179 g/mol. The highest BCUT2D eigenvalue weighted by molar-refractivity contribution is 5.38. The summed E-state index contributed by atoms with van der Waals surface area (Å²) in [7, 11) is 0. The Morgan fingerprint density at radius 1 is 1.46 bits per heavy atom. The number of nitrogens with two attached hydrogens (primary N) is 1. The fourth-order valence-corrected chi connectivity index (χ4v) is 1.38. The Morgan fingerprint density at radius 2 is 2.15 bits per heavy atom. The number of hydrogen-bond acceptors (Lipinski definition) is 2. The summed E-state index contributed by atoms with van der Waals surface area (Å²) in [6.45, 7) is 3.99. The molecule has 0 aliphatic rings. The van der Waals surface area contributed by atoms with E-state index in [-0.39, 0.29) is 6.04 Å². The maximum Gasteiger partial charge on any atom is 0.119 e. The third-order valence-electron chi connectivity index (χ3n) is 2.24.